The molecule has 0 atom stereocenters. The van der Waals surface area contributed by atoms with Gasteiger partial charge < -0.3 is 4.74 Å². The van der Waals surface area contributed by atoms with Crippen LogP contribution in [0.3, 0.4) is 0 Å². The Morgan fingerprint density at radius 2 is 1.63 bits per heavy atom. The Hall–Kier alpha value is -1.99. The Labute approximate surface area is 117 Å². The summed E-state index contributed by atoms with van der Waals surface area (Å²) in [6.45, 7) is 0.522. The van der Waals surface area contributed by atoms with Crippen molar-refractivity contribution in [2.75, 3.05) is 0 Å². The molecule has 0 spiro atoms. The molecule has 0 amide bonds. The topological polar surface area (TPSA) is 9.23 Å². The molecule has 0 N–H and O–H groups in total. The van der Waals surface area contributed by atoms with E-state index in [1.807, 2.05) is 48.5 Å². The average molecular weight is 269 g/mol. The minimum Gasteiger partial charge on any atom is -0.488 e. The summed E-state index contributed by atoms with van der Waals surface area (Å²) >= 11 is 5.97. The van der Waals surface area contributed by atoms with Crippen molar-refractivity contribution < 1.29 is 4.74 Å². The highest BCUT2D eigenvalue weighted by molar-refractivity contribution is 6.30. The minimum atomic E-state index is 0.522. The average Bonchev–Trinajstić information content (AvgIpc) is 2.45. The van der Waals surface area contributed by atoms with Crippen molar-refractivity contribution in [1.29, 1.82) is 0 Å². The summed E-state index contributed by atoms with van der Waals surface area (Å²) < 4.78 is 5.90. The summed E-state index contributed by atoms with van der Waals surface area (Å²) in [5, 5.41) is 3.05. The fourth-order valence-corrected chi connectivity index (χ4v) is 2.32. The lowest BCUT2D eigenvalue weighted by atomic mass is 10.1. The van der Waals surface area contributed by atoms with Crippen molar-refractivity contribution in [3.05, 3.63) is 77.3 Å². The molecule has 0 unspecified atom stereocenters. The number of fused-ring (bicyclic) bond motifs is 1. The summed E-state index contributed by atoms with van der Waals surface area (Å²) in [4.78, 5) is 0. The summed E-state index contributed by atoms with van der Waals surface area (Å²) in [5.74, 6) is 0.901. The quantitative estimate of drug-likeness (QED) is 0.644. The molecule has 2 heteroatoms. The van der Waals surface area contributed by atoms with Gasteiger partial charge in [0.1, 0.15) is 12.4 Å². The lowest BCUT2D eigenvalue weighted by Crippen LogP contribution is -1.95. The second-order valence-corrected chi connectivity index (χ2v) is 4.83. The van der Waals surface area contributed by atoms with Gasteiger partial charge in [-0.05, 0) is 29.1 Å². The largest absolute Gasteiger partial charge is 0.488 e. The SMILES string of the molecule is Clc1cccc(COc2cccc3ccccc23)c1. The molecule has 0 aliphatic rings. The van der Waals surface area contributed by atoms with Crippen LogP contribution in [0.2, 0.25) is 5.02 Å². The van der Waals surface area contributed by atoms with Crippen molar-refractivity contribution >= 4 is 22.4 Å². The van der Waals surface area contributed by atoms with E-state index in [0.717, 1.165) is 21.7 Å². The highest BCUT2D eigenvalue weighted by atomic mass is 35.5. The second kappa shape index (κ2) is 5.33. The number of ether oxygens (including phenoxy) is 1. The van der Waals surface area contributed by atoms with E-state index in [-0.39, 0.29) is 0 Å². The summed E-state index contributed by atoms with van der Waals surface area (Å²) in [5.41, 5.74) is 1.07. The molecule has 3 aromatic rings. The molecule has 0 bridgehead atoms. The van der Waals surface area contributed by atoms with E-state index in [0.29, 0.717) is 6.61 Å². The molecule has 0 aromatic heterocycles. The molecular formula is C17H13ClO. The van der Waals surface area contributed by atoms with E-state index in [1.54, 1.807) is 0 Å². The van der Waals surface area contributed by atoms with Gasteiger partial charge in [0.05, 0.1) is 0 Å². The first kappa shape index (κ1) is 12.1. The normalized spacial score (nSPS) is 10.6. The van der Waals surface area contributed by atoms with Gasteiger partial charge in [0.2, 0.25) is 0 Å². The zero-order chi connectivity index (χ0) is 13.1. The Kier molecular flexibility index (Phi) is 3.39. The molecule has 19 heavy (non-hydrogen) atoms. The third kappa shape index (κ3) is 2.72. The van der Waals surface area contributed by atoms with E-state index in [2.05, 4.69) is 18.2 Å². The Morgan fingerprint density at radius 1 is 0.842 bits per heavy atom. The van der Waals surface area contributed by atoms with Gasteiger partial charge in [-0.2, -0.15) is 0 Å². The lowest BCUT2D eigenvalue weighted by molar-refractivity contribution is 0.310. The van der Waals surface area contributed by atoms with E-state index in [9.17, 15) is 0 Å². The van der Waals surface area contributed by atoms with Crippen LogP contribution in [-0.4, -0.2) is 0 Å². The molecule has 0 saturated heterocycles. The number of benzene rings is 3. The Bertz CT molecular complexity index is 701. The molecule has 0 aliphatic heterocycles. The smallest absolute Gasteiger partial charge is 0.127 e. The van der Waals surface area contributed by atoms with Crippen LogP contribution in [0.25, 0.3) is 10.8 Å². The minimum absolute atomic E-state index is 0.522. The van der Waals surface area contributed by atoms with Gasteiger partial charge in [-0.3, -0.25) is 0 Å². The molecule has 1 nitrogen and oxygen atoms in total. The van der Waals surface area contributed by atoms with Crippen LogP contribution in [0.4, 0.5) is 0 Å². The summed E-state index contributed by atoms with van der Waals surface area (Å²) in [6, 6.07) is 22.0. The zero-order valence-electron chi connectivity index (χ0n) is 10.3. The maximum absolute atomic E-state index is 5.97. The van der Waals surface area contributed by atoms with Crippen molar-refractivity contribution in [2.45, 2.75) is 6.61 Å². The molecule has 0 aliphatic carbocycles. The third-order valence-corrected chi connectivity index (χ3v) is 3.27. The number of halogens is 1. The monoisotopic (exact) mass is 268 g/mol. The van der Waals surface area contributed by atoms with Crippen LogP contribution in [0.5, 0.6) is 5.75 Å². The van der Waals surface area contributed by atoms with Gasteiger partial charge in [-0.15, -0.1) is 0 Å². The fourth-order valence-electron chi connectivity index (χ4n) is 2.11. The number of hydrogen-bond acceptors (Lipinski definition) is 1. The standard InChI is InChI=1S/C17H13ClO/c18-15-8-3-5-13(11-15)12-19-17-10-4-7-14-6-1-2-9-16(14)17/h1-11H,12H2. The van der Waals surface area contributed by atoms with Crippen LogP contribution in [0, 0.1) is 0 Å². The molecule has 0 saturated carbocycles. The van der Waals surface area contributed by atoms with E-state index < -0.39 is 0 Å². The third-order valence-electron chi connectivity index (χ3n) is 3.03. The van der Waals surface area contributed by atoms with Gasteiger partial charge in [0.25, 0.3) is 0 Å². The summed E-state index contributed by atoms with van der Waals surface area (Å²) in [7, 11) is 0. The van der Waals surface area contributed by atoms with Gasteiger partial charge in [0.15, 0.2) is 0 Å². The van der Waals surface area contributed by atoms with Crippen LogP contribution in [-0.2, 0) is 6.61 Å². The molecule has 3 rings (SSSR count). The Balaban J connectivity index is 1.86. The van der Waals surface area contributed by atoms with Crippen LogP contribution < -0.4 is 4.74 Å². The van der Waals surface area contributed by atoms with Crippen LogP contribution in [0.1, 0.15) is 5.56 Å². The molecule has 0 heterocycles. The van der Waals surface area contributed by atoms with Gasteiger partial charge in [0, 0.05) is 10.4 Å². The molecule has 0 radical (unpaired) electrons. The predicted octanol–water partition coefficient (Wildman–Crippen LogP) is 5.07. The number of rotatable bonds is 3. The van der Waals surface area contributed by atoms with Gasteiger partial charge in [-0.1, -0.05) is 60.1 Å². The lowest BCUT2D eigenvalue weighted by Gasteiger charge is -2.09. The Morgan fingerprint density at radius 3 is 2.53 bits per heavy atom. The highest BCUT2D eigenvalue weighted by Gasteiger charge is 2.02. The van der Waals surface area contributed by atoms with E-state index in [4.69, 9.17) is 16.3 Å². The second-order valence-electron chi connectivity index (χ2n) is 4.40. The highest BCUT2D eigenvalue weighted by Crippen LogP contribution is 2.26. The van der Waals surface area contributed by atoms with E-state index in [1.165, 1.54) is 5.39 Å². The number of hydrogen-bond donors (Lipinski definition) is 0. The molecule has 0 fully saturated rings. The molecule has 3 aromatic carbocycles. The fraction of sp³-hybridized carbons (Fsp3) is 0.0588. The van der Waals surface area contributed by atoms with Crippen molar-refractivity contribution in [3.63, 3.8) is 0 Å². The maximum atomic E-state index is 5.97. The van der Waals surface area contributed by atoms with Crippen LogP contribution >= 0.6 is 11.6 Å². The first-order chi connectivity index (χ1) is 9.33. The summed E-state index contributed by atoms with van der Waals surface area (Å²) in [6.07, 6.45) is 0. The molecule has 94 valence electrons. The van der Waals surface area contributed by atoms with Crippen molar-refractivity contribution in [2.24, 2.45) is 0 Å². The first-order valence-electron chi connectivity index (χ1n) is 6.18. The van der Waals surface area contributed by atoms with Crippen molar-refractivity contribution in [1.82, 2.24) is 0 Å². The van der Waals surface area contributed by atoms with Crippen molar-refractivity contribution in [3.8, 4) is 5.75 Å². The predicted molar refractivity (Wildman–Crippen MR) is 79.7 cm³/mol. The maximum Gasteiger partial charge on any atom is 0.127 e. The first-order valence-corrected chi connectivity index (χ1v) is 6.56. The van der Waals surface area contributed by atoms with Crippen LogP contribution in [0.15, 0.2) is 66.7 Å². The van der Waals surface area contributed by atoms with Gasteiger partial charge in [-0.25, -0.2) is 0 Å². The van der Waals surface area contributed by atoms with E-state index >= 15 is 0 Å². The molecular weight excluding hydrogens is 256 g/mol. The van der Waals surface area contributed by atoms with Gasteiger partial charge >= 0.3 is 0 Å². The zero-order valence-corrected chi connectivity index (χ0v) is 11.1.